The van der Waals surface area contributed by atoms with Crippen LogP contribution >= 0.6 is 0 Å². The van der Waals surface area contributed by atoms with Crippen LogP contribution in [0, 0.1) is 0 Å². The molecule has 0 aromatic rings. The van der Waals surface area contributed by atoms with Crippen LogP contribution in [-0.4, -0.2) is 89.6 Å². The Morgan fingerprint density at radius 3 is 2.57 bits per heavy atom. The molecule has 0 saturated carbocycles. The van der Waals surface area contributed by atoms with E-state index >= 15 is 0 Å². The number of nitrogens with zero attached hydrogens (tertiary/aromatic N) is 2. The maximum absolute atomic E-state index is 12.5. The monoisotopic (exact) mass is 302 g/mol. The minimum atomic E-state index is -1.18. The van der Waals surface area contributed by atoms with E-state index in [4.69, 9.17) is 9.84 Å². The number of carboxylic acids is 1. The van der Waals surface area contributed by atoms with E-state index in [1.807, 2.05) is 0 Å². The van der Waals surface area contributed by atoms with Crippen molar-refractivity contribution in [1.82, 2.24) is 9.80 Å². The second-order valence-electron chi connectivity index (χ2n) is 4.99. The summed E-state index contributed by atoms with van der Waals surface area (Å²) < 4.78 is 9.80. The fourth-order valence-corrected chi connectivity index (χ4v) is 2.59. The third-order valence-corrected chi connectivity index (χ3v) is 3.66. The summed E-state index contributed by atoms with van der Waals surface area (Å²) in [6.07, 6.45) is -0.901. The average molecular weight is 302 g/mol. The van der Waals surface area contributed by atoms with E-state index in [0.717, 1.165) is 4.90 Å². The van der Waals surface area contributed by atoms with Crippen molar-refractivity contribution in [2.75, 3.05) is 33.4 Å². The van der Waals surface area contributed by atoms with E-state index in [2.05, 4.69) is 4.74 Å². The number of aliphatic hydroxyl groups is 1. The van der Waals surface area contributed by atoms with Crippen LogP contribution in [0.4, 0.5) is 4.79 Å². The first-order valence-corrected chi connectivity index (χ1v) is 6.59. The number of amides is 2. The fourth-order valence-electron chi connectivity index (χ4n) is 2.59. The molecule has 21 heavy (non-hydrogen) atoms. The van der Waals surface area contributed by atoms with Gasteiger partial charge in [0.05, 0.1) is 26.4 Å². The predicted octanol–water partition coefficient (Wildman–Crippen LogP) is -1.50. The molecule has 0 spiro atoms. The van der Waals surface area contributed by atoms with Gasteiger partial charge in [0.15, 0.2) is 6.04 Å². The molecule has 2 fully saturated rings. The highest BCUT2D eigenvalue weighted by Crippen LogP contribution is 2.22. The molecular formula is C12H18N2O7. The first-order valence-electron chi connectivity index (χ1n) is 6.59. The second-order valence-corrected chi connectivity index (χ2v) is 4.99. The van der Waals surface area contributed by atoms with Crippen molar-refractivity contribution in [3.8, 4) is 0 Å². The van der Waals surface area contributed by atoms with Crippen LogP contribution in [0.1, 0.15) is 6.42 Å². The lowest BCUT2D eigenvalue weighted by Crippen LogP contribution is -2.58. The number of urea groups is 1. The Morgan fingerprint density at radius 1 is 1.24 bits per heavy atom. The van der Waals surface area contributed by atoms with E-state index in [1.54, 1.807) is 0 Å². The summed E-state index contributed by atoms with van der Waals surface area (Å²) in [6, 6.07) is -2.59. The molecule has 9 nitrogen and oxygen atoms in total. The van der Waals surface area contributed by atoms with Crippen molar-refractivity contribution in [2.24, 2.45) is 0 Å². The van der Waals surface area contributed by atoms with Crippen LogP contribution in [0.15, 0.2) is 0 Å². The van der Waals surface area contributed by atoms with Crippen molar-refractivity contribution < 1.29 is 34.1 Å². The molecule has 9 heteroatoms. The number of likely N-dealkylation sites (tertiary alicyclic amines) is 1. The summed E-state index contributed by atoms with van der Waals surface area (Å²) in [4.78, 5) is 37.7. The third-order valence-electron chi connectivity index (χ3n) is 3.66. The molecule has 2 saturated heterocycles. The minimum absolute atomic E-state index is 0.00649. The van der Waals surface area contributed by atoms with Crippen molar-refractivity contribution in [3.63, 3.8) is 0 Å². The predicted molar refractivity (Wildman–Crippen MR) is 67.5 cm³/mol. The van der Waals surface area contributed by atoms with E-state index in [-0.39, 0.29) is 32.7 Å². The number of hydrogen-bond donors (Lipinski definition) is 2. The maximum atomic E-state index is 12.5. The summed E-state index contributed by atoms with van der Waals surface area (Å²) in [5.74, 6) is -1.79. The Morgan fingerprint density at radius 2 is 1.95 bits per heavy atom. The number of aliphatic carboxylic acids is 1. The number of β-amino-alcohol motifs (C(OH)–C–C–N with tert-alkyl or cyclic N) is 1. The van der Waals surface area contributed by atoms with E-state index in [9.17, 15) is 19.5 Å². The smallest absolute Gasteiger partial charge is 0.331 e. The largest absolute Gasteiger partial charge is 0.480 e. The number of carbonyl (C=O) groups is 3. The van der Waals surface area contributed by atoms with Crippen molar-refractivity contribution in [3.05, 3.63) is 0 Å². The number of carbonyl (C=O) groups excluding carboxylic acids is 2. The van der Waals surface area contributed by atoms with Crippen LogP contribution < -0.4 is 0 Å². The molecule has 2 aliphatic rings. The molecule has 118 valence electrons. The lowest BCUT2D eigenvalue weighted by atomic mass is 10.2. The van der Waals surface area contributed by atoms with Crippen LogP contribution in [0.5, 0.6) is 0 Å². The standard InChI is InChI=1S/C12H18N2O7/c1-20-11(18)9-6-21-3-2-13(9)12(19)14-5-7(15)4-8(14)10(16)17/h7-9,15H,2-6H2,1H3,(H,16,17). The molecule has 0 bridgehead atoms. The topological polar surface area (TPSA) is 117 Å². The highest BCUT2D eigenvalue weighted by molar-refractivity contribution is 5.87. The van der Waals surface area contributed by atoms with E-state index in [0.29, 0.717) is 0 Å². The molecule has 0 aliphatic carbocycles. The number of esters is 1. The summed E-state index contributed by atoms with van der Waals surface area (Å²) in [5, 5.41) is 18.7. The zero-order valence-electron chi connectivity index (χ0n) is 11.6. The SMILES string of the molecule is COC(=O)C1COCCN1C(=O)N1CC(O)CC1C(=O)O. The Kier molecular flexibility index (Phi) is 4.63. The van der Waals surface area contributed by atoms with Gasteiger partial charge in [-0.2, -0.15) is 0 Å². The quantitative estimate of drug-likeness (QED) is 0.596. The van der Waals surface area contributed by atoms with E-state index < -0.39 is 36.2 Å². The lowest BCUT2D eigenvalue weighted by molar-refractivity contribution is -0.151. The van der Waals surface area contributed by atoms with Crippen molar-refractivity contribution in [1.29, 1.82) is 0 Å². The van der Waals surface area contributed by atoms with Gasteiger partial charge >= 0.3 is 18.0 Å². The first kappa shape index (κ1) is 15.5. The van der Waals surface area contributed by atoms with Gasteiger partial charge in [0, 0.05) is 19.5 Å². The number of methoxy groups -OCH3 is 1. The Bertz CT molecular complexity index is 441. The van der Waals surface area contributed by atoms with E-state index in [1.165, 1.54) is 12.0 Å². The number of ether oxygens (including phenoxy) is 2. The van der Waals surface area contributed by atoms with Gasteiger partial charge in [-0.15, -0.1) is 0 Å². The second kappa shape index (κ2) is 6.27. The molecule has 0 radical (unpaired) electrons. The van der Waals surface area contributed by atoms with Crippen molar-refractivity contribution in [2.45, 2.75) is 24.6 Å². The summed E-state index contributed by atoms with van der Waals surface area (Å²) in [5.41, 5.74) is 0. The van der Waals surface area contributed by atoms with Crippen LogP contribution in [0.2, 0.25) is 0 Å². The number of carboxylic acid groups (broad SMARTS) is 1. The van der Waals surface area contributed by atoms with Crippen molar-refractivity contribution >= 4 is 18.0 Å². The number of rotatable bonds is 2. The molecule has 2 amide bonds. The van der Waals surface area contributed by atoms with Gasteiger partial charge < -0.3 is 29.5 Å². The van der Waals surface area contributed by atoms with Gasteiger partial charge in [0.2, 0.25) is 0 Å². The Hall–Kier alpha value is -1.87. The fraction of sp³-hybridized carbons (Fsp3) is 0.750. The highest BCUT2D eigenvalue weighted by Gasteiger charge is 2.44. The van der Waals surface area contributed by atoms with Gasteiger partial charge in [-0.05, 0) is 0 Å². The van der Waals surface area contributed by atoms with Gasteiger partial charge in [0.25, 0.3) is 0 Å². The molecule has 2 N–H and O–H groups in total. The molecule has 3 atom stereocenters. The molecule has 0 aromatic heterocycles. The third kappa shape index (κ3) is 3.08. The van der Waals surface area contributed by atoms with Crippen LogP contribution in [0.25, 0.3) is 0 Å². The maximum Gasteiger partial charge on any atom is 0.331 e. The lowest BCUT2D eigenvalue weighted by Gasteiger charge is -2.37. The highest BCUT2D eigenvalue weighted by atomic mass is 16.5. The van der Waals surface area contributed by atoms with Crippen LogP contribution in [-0.2, 0) is 19.1 Å². The molecule has 0 aromatic carbocycles. The first-order chi connectivity index (χ1) is 9.95. The molecular weight excluding hydrogens is 284 g/mol. The number of hydrogen-bond acceptors (Lipinski definition) is 6. The normalized spacial score (nSPS) is 29.3. The van der Waals surface area contributed by atoms with Gasteiger partial charge in [-0.25, -0.2) is 14.4 Å². The molecule has 2 rings (SSSR count). The number of aliphatic hydroxyl groups excluding tert-OH is 1. The zero-order chi connectivity index (χ0) is 15.6. The Labute approximate surface area is 121 Å². The average Bonchev–Trinajstić information content (AvgIpc) is 2.88. The summed E-state index contributed by atoms with van der Waals surface area (Å²) >= 11 is 0. The van der Waals surface area contributed by atoms with Gasteiger partial charge in [-0.3, -0.25) is 0 Å². The molecule has 3 unspecified atom stereocenters. The van der Waals surface area contributed by atoms with Crippen LogP contribution in [0.3, 0.4) is 0 Å². The summed E-state index contributed by atoms with van der Waals surface area (Å²) in [7, 11) is 1.21. The molecule has 2 heterocycles. The van der Waals surface area contributed by atoms with Gasteiger partial charge in [0.1, 0.15) is 6.04 Å². The summed E-state index contributed by atoms with van der Waals surface area (Å²) in [6.45, 7) is 0.360. The molecule has 2 aliphatic heterocycles. The Balaban J connectivity index is 2.16. The minimum Gasteiger partial charge on any atom is -0.480 e. The van der Waals surface area contributed by atoms with Gasteiger partial charge in [-0.1, -0.05) is 0 Å². The number of morpholine rings is 1. The zero-order valence-corrected chi connectivity index (χ0v) is 11.6.